The Kier molecular flexibility index (Phi) is 6.05. The molecule has 2 amide bonds. The van der Waals surface area contributed by atoms with Crippen molar-refractivity contribution in [3.05, 3.63) is 82.9 Å². The van der Waals surface area contributed by atoms with Crippen LogP contribution in [0.2, 0.25) is 0 Å². The molecule has 0 saturated carbocycles. The molecule has 0 radical (unpaired) electrons. The molecule has 0 atom stereocenters. The highest BCUT2D eigenvalue weighted by Crippen LogP contribution is 2.39. The third-order valence-corrected chi connectivity index (χ3v) is 5.33. The van der Waals surface area contributed by atoms with Gasteiger partial charge in [-0.3, -0.25) is 9.59 Å². The lowest BCUT2D eigenvalue weighted by Gasteiger charge is -2.28. The fraction of sp³-hybridized carbons (Fsp3) is 0.115. The van der Waals surface area contributed by atoms with Gasteiger partial charge in [0.25, 0.3) is 11.8 Å². The first kappa shape index (κ1) is 22.6. The Bertz CT molecular complexity index is 1330. The summed E-state index contributed by atoms with van der Waals surface area (Å²) in [7, 11) is 1.34. The minimum absolute atomic E-state index is 0.0332. The minimum atomic E-state index is -0.584. The van der Waals surface area contributed by atoms with Gasteiger partial charge in [-0.15, -0.1) is 0 Å². The van der Waals surface area contributed by atoms with Crippen LogP contribution in [0.25, 0.3) is 11.6 Å². The van der Waals surface area contributed by atoms with E-state index in [4.69, 9.17) is 9.47 Å². The van der Waals surface area contributed by atoms with Crippen molar-refractivity contribution in [2.24, 2.45) is 0 Å². The Morgan fingerprint density at radius 1 is 0.971 bits per heavy atom. The van der Waals surface area contributed by atoms with Crippen molar-refractivity contribution < 1.29 is 34.1 Å². The largest absolute Gasteiger partial charge is 0.504 e. The van der Waals surface area contributed by atoms with Gasteiger partial charge in [0.1, 0.15) is 0 Å². The van der Waals surface area contributed by atoms with Crippen LogP contribution >= 0.6 is 0 Å². The van der Waals surface area contributed by atoms with Gasteiger partial charge >= 0.3 is 5.97 Å². The van der Waals surface area contributed by atoms with Gasteiger partial charge in [0.2, 0.25) is 5.75 Å². The number of esters is 1. The molecule has 34 heavy (non-hydrogen) atoms. The molecule has 1 aliphatic rings. The van der Waals surface area contributed by atoms with E-state index in [-0.39, 0.29) is 23.6 Å². The first-order valence-corrected chi connectivity index (χ1v) is 10.4. The van der Waals surface area contributed by atoms with Crippen LogP contribution in [0.4, 0.5) is 5.69 Å². The van der Waals surface area contributed by atoms with Crippen molar-refractivity contribution in [1.82, 2.24) is 0 Å². The summed E-state index contributed by atoms with van der Waals surface area (Å²) in [5, 5.41) is 19.9. The van der Waals surface area contributed by atoms with E-state index in [0.29, 0.717) is 22.3 Å². The van der Waals surface area contributed by atoms with Crippen LogP contribution < -0.4 is 9.64 Å². The Morgan fingerprint density at radius 3 is 2.29 bits per heavy atom. The highest BCUT2D eigenvalue weighted by Gasteiger charge is 2.36. The lowest BCUT2D eigenvalue weighted by Crippen LogP contribution is -2.41. The Labute approximate surface area is 195 Å². The molecule has 3 aromatic rings. The maximum Gasteiger partial charge on any atom is 0.338 e. The standard InChI is InChI=1S/C26H21NO7/c1-3-34-26(32)16-8-10-17(11-9-16)27-24(30)19-7-5-4-6-18(19)20(25(27)31)12-15-13-21(28)23(29)22(14-15)33-2/h4-14,28-29H,3H2,1-2H3/b20-12+. The van der Waals surface area contributed by atoms with Crippen molar-refractivity contribution in [3.8, 4) is 17.2 Å². The Balaban J connectivity index is 1.81. The van der Waals surface area contributed by atoms with Crippen molar-refractivity contribution in [2.75, 3.05) is 18.6 Å². The predicted octanol–water partition coefficient (Wildman–Crippen LogP) is 4.01. The molecule has 8 heteroatoms. The number of rotatable bonds is 5. The summed E-state index contributed by atoms with van der Waals surface area (Å²) < 4.78 is 10.1. The number of methoxy groups -OCH3 is 1. The van der Waals surface area contributed by atoms with Crippen molar-refractivity contribution in [1.29, 1.82) is 0 Å². The summed E-state index contributed by atoms with van der Waals surface area (Å²) >= 11 is 0. The highest BCUT2D eigenvalue weighted by atomic mass is 16.5. The molecule has 0 spiro atoms. The summed E-state index contributed by atoms with van der Waals surface area (Å²) in [4.78, 5) is 39.8. The number of phenols is 2. The van der Waals surface area contributed by atoms with Crippen LogP contribution in [0, 0.1) is 0 Å². The Hall–Kier alpha value is -4.59. The van der Waals surface area contributed by atoms with E-state index in [1.807, 2.05) is 0 Å². The van der Waals surface area contributed by atoms with E-state index in [0.717, 1.165) is 4.90 Å². The van der Waals surface area contributed by atoms with E-state index in [1.54, 1.807) is 31.2 Å². The molecule has 172 valence electrons. The van der Waals surface area contributed by atoms with Crippen molar-refractivity contribution in [3.63, 3.8) is 0 Å². The number of ether oxygens (including phenoxy) is 2. The quantitative estimate of drug-likeness (QED) is 0.256. The maximum atomic E-state index is 13.5. The van der Waals surface area contributed by atoms with Gasteiger partial charge in [0.05, 0.1) is 25.0 Å². The smallest absolute Gasteiger partial charge is 0.338 e. The number of hydrogen-bond donors (Lipinski definition) is 2. The van der Waals surface area contributed by atoms with E-state index in [2.05, 4.69) is 0 Å². The van der Waals surface area contributed by atoms with Crippen molar-refractivity contribution in [2.45, 2.75) is 6.92 Å². The van der Waals surface area contributed by atoms with E-state index in [1.165, 1.54) is 49.6 Å². The average Bonchev–Trinajstić information content (AvgIpc) is 2.84. The molecular formula is C26H21NO7. The van der Waals surface area contributed by atoms with Gasteiger partial charge in [-0.1, -0.05) is 18.2 Å². The number of carbonyl (C=O) groups excluding carboxylic acids is 3. The number of hydrogen-bond acceptors (Lipinski definition) is 7. The minimum Gasteiger partial charge on any atom is -0.504 e. The predicted molar refractivity (Wildman–Crippen MR) is 125 cm³/mol. The number of phenolic OH excluding ortho intramolecular Hbond substituents is 2. The topological polar surface area (TPSA) is 113 Å². The number of carbonyl (C=O) groups is 3. The zero-order valence-electron chi connectivity index (χ0n) is 18.4. The summed E-state index contributed by atoms with van der Waals surface area (Å²) in [6, 6.07) is 15.4. The first-order valence-electron chi connectivity index (χ1n) is 10.4. The van der Waals surface area contributed by atoms with Gasteiger partial charge in [0, 0.05) is 11.1 Å². The molecule has 0 aromatic heterocycles. The second-order valence-corrected chi connectivity index (χ2v) is 7.41. The molecule has 2 N–H and O–H groups in total. The van der Waals surface area contributed by atoms with E-state index < -0.39 is 29.3 Å². The third kappa shape index (κ3) is 3.97. The van der Waals surface area contributed by atoms with Gasteiger partial charge in [-0.25, -0.2) is 9.69 Å². The van der Waals surface area contributed by atoms with Crippen molar-refractivity contribution >= 4 is 35.1 Å². The lowest BCUT2D eigenvalue weighted by atomic mass is 9.91. The lowest BCUT2D eigenvalue weighted by molar-refractivity contribution is -0.112. The Morgan fingerprint density at radius 2 is 1.65 bits per heavy atom. The highest BCUT2D eigenvalue weighted by molar-refractivity contribution is 6.43. The second-order valence-electron chi connectivity index (χ2n) is 7.41. The van der Waals surface area contributed by atoms with Gasteiger partial charge in [-0.05, 0) is 66.6 Å². The zero-order valence-corrected chi connectivity index (χ0v) is 18.4. The molecule has 3 aromatic carbocycles. The second kappa shape index (κ2) is 9.11. The third-order valence-electron chi connectivity index (χ3n) is 5.33. The van der Waals surface area contributed by atoms with Crippen LogP contribution in [0.5, 0.6) is 17.2 Å². The molecule has 4 rings (SSSR count). The average molecular weight is 459 g/mol. The van der Waals surface area contributed by atoms with E-state index in [9.17, 15) is 24.6 Å². The summed E-state index contributed by atoms with van der Waals surface area (Å²) in [6.07, 6.45) is 1.51. The number of nitrogens with zero attached hydrogens (tertiary/aromatic N) is 1. The number of amides is 2. The van der Waals surface area contributed by atoms with Crippen LogP contribution in [0.3, 0.4) is 0 Å². The summed E-state index contributed by atoms with van der Waals surface area (Å²) in [5.74, 6) is -2.39. The molecule has 0 unspecified atom stereocenters. The number of aromatic hydroxyl groups is 2. The molecule has 0 bridgehead atoms. The molecule has 0 saturated heterocycles. The molecular weight excluding hydrogens is 438 g/mol. The van der Waals surface area contributed by atoms with Crippen LogP contribution in [0.1, 0.15) is 38.8 Å². The molecule has 8 nitrogen and oxygen atoms in total. The number of imide groups is 1. The maximum absolute atomic E-state index is 13.5. The number of anilines is 1. The van der Waals surface area contributed by atoms with Gasteiger partial charge < -0.3 is 19.7 Å². The molecule has 1 heterocycles. The zero-order chi connectivity index (χ0) is 24.4. The van der Waals surface area contributed by atoms with Crippen LogP contribution in [-0.4, -0.2) is 41.7 Å². The van der Waals surface area contributed by atoms with Gasteiger partial charge in [0.15, 0.2) is 11.5 Å². The molecule has 1 aliphatic heterocycles. The summed E-state index contributed by atoms with van der Waals surface area (Å²) in [6.45, 7) is 1.93. The summed E-state index contributed by atoms with van der Waals surface area (Å²) in [5.41, 5.74) is 1.93. The fourth-order valence-corrected chi connectivity index (χ4v) is 3.71. The first-order chi connectivity index (χ1) is 16.3. The fourth-order valence-electron chi connectivity index (χ4n) is 3.71. The van der Waals surface area contributed by atoms with Crippen LogP contribution in [0.15, 0.2) is 60.7 Å². The van der Waals surface area contributed by atoms with E-state index >= 15 is 0 Å². The molecule has 0 aliphatic carbocycles. The normalized spacial score (nSPS) is 14.2. The monoisotopic (exact) mass is 459 g/mol. The molecule has 0 fully saturated rings. The van der Waals surface area contributed by atoms with Gasteiger partial charge in [-0.2, -0.15) is 0 Å². The van der Waals surface area contributed by atoms with Crippen LogP contribution in [-0.2, 0) is 9.53 Å². The SMILES string of the molecule is CCOC(=O)c1ccc(N2C(=O)/C(=C/c3cc(O)c(O)c(OC)c3)c3ccccc3C2=O)cc1. The number of benzene rings is 3. The number of fused-ring (bicyclic) bond motifs is 1.